The van der Waals surface area contributed by atoms with E-state index < -0.39 is 0 Å². The minimum absolute atomic E-state index is 0.263. The number of fused-ring (bicyclic) bond motifs is 4. The molecule has 2 atom stereocenters. The van der Waals surface area contributed by atoms with Crippen molar-refractivity contribution in [3.63, 3.8) is 0 Å². The van der Waals surface area contributed by atoms with Crippen LogP contribution in [0.5, 0.6) is 0 Å². The average molecular weight is 536 g/mol. The molecule has 202 valence electrons. The highest BCUT2D eigenvalue weighted by molar-refractivity contribution is 6.02. The lowest BCUT2D eigenvalue weighted by Crippen LogP contribution is -2.03. The van der Waals surface area contributed by atoms with E-state index >= 15 is 0 Å². The Morgan fingerprint density at radius 1 is 0.707 bits per heavy atom. The van der Waals surface area contributed by atoms with Crippen LogP contribution in [0.1, 0.15) is 44.1 Å². The first kappa shape index (κ1) is 25.3. The van der Waals surface area contributed by atoms with Gasteiger partial charge in [0, 0.05) is 22.6 Å². The quantitative estimate of drug-likeness (QED) is 0.194. The summed E-state index contributed by atoms with van der Waals surface area (Å²) in [7, 11) is 0. The van der Waals surface area contributed by atoms with Crippen LogP contribution < -0.4 is 0 Å². The van der Waals surface area contributed by atoms with E-state index in [1.54, 1.807) is 0 Å². The minimum Gasteiger partial charge on any atom is -0.440 e. The third kappa shape index (κ3) is 4.91. The zero-order valence-electron chi connectivity index (χ0n) is 23.5. The number of oxazole rings is 1. The predicted octanol–water partition coefficient (Wildman–Crippen LogP) is 9.75. The fourth-order valence-corrected chi connectivity index (χ4v) is 5.91. The van der Waals surface area contributed by atoms with Crippen molar-refractivity contribution in [3.8, 4) is 17.1 Å². The van der Waals surface area contributed by atoms with Crippen molar-refractivity contribution in [1.29, 1.82) is 0 Å². The van der Waals surface area contributed by atoms with E-state index in [0.717, 1.165) is 69.7 Å². The van der Waals surface area contributed by atoms with Gasteiger partial charge in [0.1, 0.15) is 11.3 Å². The van der Waals surface area contributed by atoms with Crippen LogP contribution in [-0.4, -0.2) is 14.5 Å². The zero-order valence-corrected chi connectivity index (χ0v) is 23.5. The maximum absolute atomic E-state index is 6.32. The second-order valence-corrected chi connectivity index (χ2v) is 11.3. The monoisotopic (exact) mass is 535 g/mol. The smallest absolute Gasteiger partial charge is 0.198 e. The molecule has 4 heteroatoms. The third-order valence-electron chi connectivity index (χ3n) is 8.16. The molecule has 0 bridgehead atoms. The van der Waals surface area contributed by atoms with Gasteiger partial charge in [-0.05, 0) is 66.5 Å². The van der Waals surface area contributed by atoms with E-state index in [4.69, 9.17) is 14.4 Å². The predicted molar refractivity (Wildman–Crippen MR) is 169 cm³/mol. The molecular formula is C37H33N3O. The van der Waals surface area contributed by atoms with Gasteiger partial charge in [0.05, 0.1) is 11.0 Å². The van der Waals surface area contributed by atoms with Gasteiger partial charge in [-0.3, -0.25) is 4.57 Å². The summed E-state index contributed by atoms with van der Waals surface area (Å²) >= 11 is 0. The summed E-state index contributed by atoms with van der Waals surface area (Å²) in [6.45, 7) is 4.58. The number of hydrogen-bond acceptors (Lipinski definition) is 3. The molecule has 0 aliphatic rings. The first-order chi connectivity index (χ1) is 20.1. The molecule has 5 aromatic carbocycles. The van der Waals surface area contributed by atoms with Crippen LogP contribution in [-0.2, 0) is 6.42 Å². The molecule has 2 heterocycles. The lowest BCUT2D eigenvalue weighted by atomic mass is 9.92. The third-order valence-corrected chi connectivity index (χ3v) is 8.16. The number of nitrogens with zero attached hydrogens (tertiary/aromatic N) is 3. The van der Waals surface area contributed by atoms with Crippen LogP contribution in [0, 0.1) is 5.92 Å². The molecule has 4 nitrogen and oxygen atoms in total. The minimum atomic E-state index is 0.263. The zero-order chi connectivity index (χ0) is 27.8. The van der Waals surface area contributed by atoms with Gasteiger partial charge in [-0.15, -0.1) is 0 Å². The largest absolute Gasteiger partial charge is 0.440 e. The van der Waals surface area contributed by atoms with Gasteiger partial charge in [-0.2, -0.15) is 0 Å². The molecule has 41 heavy (non-hydrogen) atoms. The molecule has 0 amide bonds. The highest BCUT2D eigenvalue weighted by Crippen LogP contribution is 2.32. The molecule has 0 radical (unpaired) electrons. The summed E-state index contributed by atoms with van der Waals surface area (Å²) in [6, 6.07) is 40.3. The van der Waals surface area contributed by atoms with Gasteiger partial charge in [0.15, 0.2) is 11.5 Å². The number of imidazole rings is 1. The standard InChI is InChI=1S/C37H33N3O/c1-25(17-18-26(2)37-39-33-22-20-28-11-9-10-16-31(28)35(33)41-37)23-27-19-21-32-34(24-27)40(30-14-7-4-8-15-30)36(38-32)29-12-5-3-6-13-29/h3-16,19-22,24-26H,17-18,23H2,1-2H3. The van der Waals surface area contributed by atoms with E-state index in [0.29, 0.717) is 5.92 Å². The average Bonchev–Trinajstić information content (AvgIpc) is 3.63. The number of para-hydroxylation sites is 1. The maximum Gasteiger partial charge on any atom is 0.198 e. The topological polar surface area (TPSA) is 43.9 Å². The highest BCUT2D eigenvalue weighted by atomic mass is 16.3. The number of hydrogen-bond donors (Lipinski definition) is 0. The molecule has 2 aromatic heterocycles. The molecule has 0 aliphatic heterocycles. The van der Waals surface area contributed by atoms with Gasteiger partial charge >= 0.3 is 0 Å². The number of aromatic nitrogens is 3. The van der Waals surface area contributed by atoms with Crippen molar-refractivity contribution in [2.24, 2.45) is 5.92 Å². The van der Waals surface area contributed by atoms with Crippen LogP contribution in [0.15, 0.2) is 120 Å². The molecule has 0 spiro atoms. The van der Waals surface area contributed by atoms with Crippen LogP contribution in [0.25, 0.3) is 50.0 Å². The number of rotatable bonds is 8. The fourth-order valence-electron chi connectivity index (χ4n) is 5.91. The van der Waals surface area contributed by atoms with Gasteiger partial charge in [0.2, 0.25) is 0 Å². The Morgan fingerprint density at radius 3 is 2.27 bits per heavy atom. The molecule has 7 rings (SSSR count). The van der Waals surface area contributed by atoms with E-state index in [2.05, 4.69) is 128 Å². The summed E-state index contributed by atoms with van der Waals surface area (Å²) < 4.78 is 8.60. The highest BCUT2D eigenvalue weighted by Gasteiger charge is 2.18. The second kappa shape index (κ2) is 10.7. The van der Waals surface area contributed by atoms with E-state index in [1.165, 1.54) is 10.9 Å². The Bertz CT molecular complexity index is 1950. The lowest BCUT2D eigenvalue weighted by Gasteiger charge is -2.14. The molecule has 2 unspecified atom stereocenters. The van der Waals surface area contributed by atoms with Crippen molar-refractivity contribution < 1.29 is 4.42 Å². The molecule has 0 saturated heterocycles. The molecule has 0 fully saturated rings. The van der Waals surface area contributed by atoms with Crippen molar-refractivity contribution >= 4 is 32.9 Å². The fraction of sp³-hybridized carbons (Fsp3) is 0.189. The van der Waals surface area contributed by atoms with Crippen molar-refractivity contribution in [2.45, 2.75) is 39.0 Å². The van der Waals surface area contributed by atoms with Crippen LogP contribution in [0.4, 0.5) is 0 Å². The molecule has 0 aliphatic carbocycles. The Kier molecular flexibility index (Phi) is 6.60. The van der Waals surface area contributed by atoms with Gasteiger partial charge < -0.3 is 4.42 Å². The maximum atomic E-state index is 6.32. The van der Waals surface area contributed by atoms with Crippen molar-refractivity contribution in [3.05, 3.63) is 127 Å². The lowest BCUT2D eigenvalue weighted by molar-refractivity contribution is 0.424. The van der Waals surface area contributed by atoms with Gasteiger partial charge in [-0.25, -0.2) is 9.97 Å². The Labute approximate surface area is 240 Å². The van der Waals surface area contributed by atoms with Crippen LogP contribution in [0.3, 0.4) is 0 Å². The SMILES string of the molecule is CC(CCC(C)c1nc2ccc3ccccc3c2o1)Cc1ccc2nc(-c3ccccc3)n(-c3ccccc3)c2c1. The molecule has 7 aromatic rings. The molecular weight excluding hydrogens is 502 g/mol. The van der Waals surface area contributed by atoms with Crippen LogP contribution >= 0.6 is 0 Å². The van der Waals surface area contributed by atoms with E-state index in [1.807, 2.05) is 6.07 Å². The Balaban J connectivity index is 1.11. The van der Waals surface area contributed by atoms with Gasteiger partial charge in [-0.1, -0.05) is 98.8 Å². The van der Waals surface area contributed by atoms with Gasteiger partial charge in [0.25, 0.3) is 0 Å². The summed E-state index contributed by atoms with van der Waals surface area (Å²) in [5, 5.41) is 2.32. The summed E-state index contributed by atoms with van der Waals surface area (Å²) in [5.74, 6) is 2.60. The summed E-state index contributed by atoms with van der Waals surface area (Å²) in [6.07, 6.45) is 3.15. The van der Waals surface area contributed by atoms with Crippen LogP contribution in [0.2, 0.25) is 0 Å². The summed E-state index contributed by atoms with van der Waals surface area (Å²) in [5.41, 5.74) is 7.58. The Hall–Kier alpha value is -4.70. The first-order valence-corrected chi connectivity index (χ1v) is 14.5. The van der Waals surface area contributed by atoms with Crippen molar-refractivity contribution in [2.75, 3.05) is 0 Å². The van der Waals surface area contributed by atoms with E-state index in [-0.39, 0.29) is 5.92 Å². The van der Waals surface area contributed by atoms with Crippen molar-refractivity contribution in [1.82, 2.24) is 14.5 Å². The molecule has 0 saturated carbocycles. The Morgan fingerprint density at radius 2 is 1.44 bits per heavy atom. The molecule has 0 N–H and O–H groups in total. The first-order valence-electron chi connectivity index (χ1n) is 14.5. The van der Waals surface area contributed by atoms with E-state index in [9.17, 15) is 0 Å². The summed E-state index contributed by atoms with van der Waals surface area (Å²) in [4.78, 5) is 9.90. The second-order valence-electron chi connectivity index (χ2n) is 11.3. The number of benzene rings is 5. The normalized spacial score (nSPS) is 13.2.